The predicted molar refractivity (Wildman–Crippen MR) is 101 cm³/mol. The molecule has 29 heavy (non-hydrogen) atoms. The lowest BCUT2D eigenvalue weighted by molar-refractivity contribution is -0.201. The molecular weight excluding hydrogens is 376 g/mol. The molecule has 1 saturated carbocycles. The molecule has 1 spiro atoms. The van der Waals surface area contributed by atoms with Gasteiger partial charge in [-0.1, -0.05) is 37.3 Å². The molecule has 4 atom stereocenters. The van der Waals surface area contributed by atoms with E-state index in [2.05, 4.69) is 0 Å². The molecule has 1 saturated heterocycles. The lowest BCUT2D eigenvalue weighted by Crippen LogP contribution is -2.54. The molecule has 0 aromatic heterocycles. The molecule has 0 radical (unpaired) electrons. The highest BCUT2D eigenvalue weighted by Gasteiger charge is 2.60. The Balaban J connectivity index is 1.63. The van der Waals surface area contributed by atoms with E-state index in [-0.39, 0.29) is 23.7 Å². The van der Waals surface area contributed by atoms with Gasteiger partial charge in [-0.15, -0.1) is 0 Å². The first-order chi connectivity index (χ1) is 14.0. The second-order valence-electron chi connectivity index (χ2n) is 7.86. The summed E-state index contributed by atoms with van der Waals surface area (Å²) < 4.78 is 28.5. The summed E-state index contributed by atoms with van der Waals surface area (Å²) in [5.74, 6) is -0.979. The number of carbonyl (C=O) groups excluding carboxylic acids is 2. The van der Waals surface area contributed by atoms with Gasteiger partial charge in [0, 0.05) is 0 Å². The topological polar surface area (TPSA) is 80.3 Å². The average Bonchev–Trinajstić information content (AvgIpc) is 3.35. The molecule has 4 rings (SSSR count). The fraction of sp³-hybridized carbons (Fsp3) is 0.545. The van der Waals surface area contributed by atoms with Gasteiger partial charge in [-0.3, -0.25) is 4.79 Å². The summed E-state index contributed by atoms with van der Waals surface area (Å²) in [5, 5.41) is 0. The van der Waals surface area contributed by atoms with Crippen molar-refractivity contribution in [3.05, 3.63) is 47.7 Å². The molecular formula is C22H26O7. The molecule has 1 aromatic rings. The number of hydrogen-bond acceptors (Lipinski definition) is 7. The quantitative estimate of drug-likeness (QED) is 0.701. The van der Waals surface area contributed by atoms with Crippen molar-refractivity contribution in [2.45, 2.75) is 38.3 Å². The standard InChI is InChI=1S/C22H26O7/c1-14-12-22(17(21-26-8-9-27-21)10-16(14)20(24)25-2)18(11-19(23)29-22)28-13-15-6-4-3-5-7-15/h3-7,11,14,16-17,21H,8-10,12-13H2,1-2H3/t14-,16+,17+,22+/m1/s1. The molecule has 0 N–H and O–H groups in total. The van der Waals surface area contributed by atoms with Crippen LogP contribution in [0.5, 0.6) is 0 Å². The van der Waals surface area contributed by atoms with Crippen molar-refractivity contribution >= 4 is 11.9 Å². The molecule has 2 fully saturated rings. The lowest BCUT2D eigenvalue weighted by Gasteiger charge is -2.47. The minimum absolute atomic E-state index is 0.0604. The van der Waals surface area contributed by atoms with Gasteiger partial charge in [-0.25, -0.2) is 4.79 Å². The Morgan fingerprint density at radius 2 is 1.93 bits per heavy atom. The third-order valence-electron chi connectivity index (χ3n) is 6.08. The number of methoxy groups -OCH3 is 1. The van der Waals surface area contributed by atoms with Gasteiger partial charge in [0.15, 0.2) is 11.9 Å². The second kappa shape index (κ2) is 8.16. The number of benzene rings is 1. The third kappa shape index (κ3) is 3.76. The molecule has 3 aliphatic rings. The second-order valence-corrected chi connectivity index (χ2v) is 7.86. The van der Waals surface area contributed by atoms with Crippen molar-refractivity contribution in [2.75, 3.05) is 20.3 Å². The number of rotatable bonds is 5. The van der Waals surface area contributed by atoms with Gasteiger partial charge in [0.1, 0.15) is 12.4 Å². The smallest absolute Gasteiger partial charge is 0.335 e. The van der Waals surface area contributed by atoms with Gasteiger partial charge in [-0.2, -0.15) is 0 Å². The van der Waals surface area contributed by atoms with Crippen molar-refractivity contribution in [1.82, 2.24) is 0 Å². The number of esters is 2. The fourth-order valence-electron chi connectivity index (χ4n) is 4.68. The summed E-state index contributed by atoms with van der Waals surface area (Å²) in [6.07, 6.45) is 1.71. The minimum atomic E-state index is -1.01. The predicted octanol–water partition coefficient (Wildman–Crippen LogP) is 2.59. The first-order valence-electron chi connectivity index (χ1n) is 9.96. The van der Waals surface area contributed by atoms with Crippen LogP contribution in [0, 0.1) is 17.8 Å². The fourth-order valence-corrected chi connectivity index (χ4v) is 4.68. The maximum absolute atomic E-state index is 12.3. The highest BCUT2D eigenvalue weighted by atomic mass is 16.7. The van der Waals surface area contributed by atoms with Crippen LogP contribution in [0.2, 0.25) is 0 Å². The van der Waals surface area contributed by atoms with Gasteiger partial charge >= 0.3 is 11.9 Å². The zero-order chi connectivity index (χ0) is 20.4. The molecule has 0 amide bonds. The van der Waals surface area contributed by atoms with Crippen molar-refractivity contribution in [1.29, 1.82) is 0 Å². The van der Waals surface area contributed by atoms with E-state index in [1.807, 2.05) is 37.3 Å². The van der Waals surface area contributed by atoms with E-state index in [0.29, 0.717) is 38.4 Å². The summed E-state index contributed by atoms with van der Waals surface area (Å²) in [7, 11) is 1.39. The van der Waals surface area contributed by atoms with E-state index in [1.54, 1.807) is 0 Å². The monoisotopic (exact) mass is 402 g/mol. The van der Waals surface area contributed by atoms with E-state index in [1.165, 1.54) is 13.2 Å². The molecule has 0 bridgehead atoms. The highest BCUT2D eigenvalue weighted by Crippen LogP contribution is 2.52. The summed E-state index contributed by atoms with van der Waals surface area (Å²) in [4.78, 5) is 24.7. The Morgan fingerprint density at radius 3 is 2.62 bits per heavy atom. The SMILES string of the molecule is COC(=O)[C@H]1C[C@@H](C2OCCO2)[C@]2(C[C@H]1C)OC(=O)C=C2OCc1ccccc1. The Labute approximate surface area is 169 Å². The average molecular weight is 402 g/mol. The van der Waals surface area contributed by atoms with Gasteiger partial charge in [-0.05, 0) is 24.3 Å². The number of ether oxygens (including phenoxy) is 5. The minimum Gasteiger partial charge on any atom is -0.489 e. The maximum atomic E-state index is 12.3. The largest absolute Gasteiger partial charge is 0.489 e. The van der Waals surface area contributed by atoms with Gasteiger partial charge in [0.2, 0.25) is 0 Å². The lowest BCUT2D eigenvalue weighted by atomic mass is 9.65. The number of carbonyl (C=O) groups is 2. The summed E-state index contributed by atoms with van der Waals surface area (Å²) >= 11 is 0. The summed E-state index contributed by atoms with van der Waals surface area (Å²) in [6, 6.07) is 9.73. The first kappa shape index (κ1) is 19.9. The summed E-state index contributed by atoms with van der Waals surface area (Å²) in [5.41, 5.74) is -0.0192. The van der Waals surface area contributed by atoms with Crippen LogP contribution in [0.15, 0.2) is 42.2 Å². The van der Waals surface area contributed by atoms with E-state index >= 15 is 0 Å². The van der Waals surface area contributed by atoms with Gasteiger partial charge < -0.3 is 23.7 Å². The van der Waals surface area contributed by atoms with Crippen LogP contribution >= 0.6 is 0 Å². The highest BCUT2D eigenvalue weighted by molar-refractivity contribution is 5.86. The number of hydrogen-bond donors (Lipinski definition) is 0. The normalized spacial score (nSPS) is 32.1. The molecule has 2 aliphatic heterocycles. The van der Waals surface area contributed by atoms with Crippen LogP contribution in [-0.2, 0) is 39.9 Å². The van der Waals surface area contributed by atoms with E-state index in [9.17, 15) is 9.59 Å². The van der Waals surface area contributed by atoms with Crippen LogP contribution in [0.4, 0.5) is 0 Å². The molecule has 7 nitrogen and oxygen atoms in total. The van der Waals surface area contributed by atoms with Crippen LogP contribution in [-0.4, -0.2) is 44.2 Å². The zero-order valence-electron chi connectivity index (χ0n) is 16.7. The van der Waals surface area contributed by atoms with Crippen LogP contribution in [0.1, 0.15) is 25.3 Å². The van der Waals surface area contributed by atoms with Crippen molar-refractivity contribution in [2.24, 2.45) is 17.8 Å². The Bertz CT molecular complexity index is 784. The van der Waals surface area contributed by atoms with Gasteiger partial charge in [0.25, 0.3) is 0 Å². The van der Waals surface area contributed by atoms with E-state index in [0.717, 1.165) is 5.56 Å². The zero-order valence-corrected chi connectivity index (χ0v) is 16.7. The first-order valence-corrected chi connectivity index (χ1v) is 9.96. The molecule has 156 valence electrons. The Hall–Kier alpha value is -2.38. The van der Waals surface area contributed by atoms with Gasteiger partial charge in [0.05, 0.1) is 38.2 Å². The molecule has 1 aromatic carbocycles. The third-order valence-corrected chi connectivity index (χ3v) is 6.08. The van der Waals surface area contributed by atoms with E-state index in [4.69, 9.17) is 23.7 Å². The summed E-state index contributed by atoms with van der Waals surface area (Å²) in [6.45, 7) is 3.22. The Kier molecular flexibility index (Phi) is 5.61. The van der Waals surface area contributed by atoms with Crippen LogP contribution in [0.3, 0.4) is 0 Å². The van der Waals surface area contributed by atoms with Crippen LogP contribution < -0.4 is 0 Å². The molecule has 2 heterocycles. The van der Waals surface area contributed by atoms with E-state index < -0.39 is 17.9 Å². The van der Waals surface area contributed by atoms with Crippen molar-refractivity contribution in [3.63, 3.8) is 0 Å². The molecule has 1 aliphatic carbocycles. The molecule has 0 unspecified atom stereocenters. The van der Waals surface area contributed by atoms with Crippen molar-refractivity contribution in [3.8, 4) is 0 Å². The molecule has 7 heteroatoms. The maximum Gasteiger partial charge on any atom is 0.335 e. The van der Waals surface area contributed by atoms with Crippen molar-refractivity contribution < 1.29 is 33.3 Å². The van der Waals surface area contributed by atoms with Crippen LogP contribution in [0.25, 0.3) is 0 Å². The Morgan fingerprint density at radius 1 is 1.21 bits per heavy atom.